The molecular formula is C17H18BrN5O3. The van der Waals surface area contributed by atoms with Gasteiger partial charge < -0.3 is 25.2 Å². The van der Waals surface area contributed by atoms with Crippen LogP contribution in [0, 0.1) is 0 Å². The van der Waals surface area contributed by atoms with Gasteiger partial charge in [-0.25, -0.2) is 15.0 Å². The zero-order valence-corrected chi connectivity index (χ0v) is 16.1. The second kappa shape index (κ2) is 7.30. The van der Waals surface area contributed by atoms with Gasteiger partial charge >= 0.3 is 0 Å². The second-order valence-electron chi connectivity index (χ2n) is 5.58. The third-order valence-electron chi connectivity index (χ3n) is 3.86. The zero-order chi connectivity index (χ0) is 18.8. The average molecular weight is 420 g/mol. The summed E-state index contributed by atoms with van der Waals surface area (Å²) >= 11 is 3.29. The van der Waals surface area contributed by atoms with E-state index in [0.717, 1.165) is 0 Å². The highest BCUT2D eigenvalue weighted by molar-refractivity contribution is 9.10. The molecule has 9 heteroatoms. The number of likely N-dealkylation sites (N-methyl/N-ethyl adjacent to an activating group) is 1. The van der Waals surface area contributed by atoms with Crippen LogP contribution in [0.5, 0.6) is 11.5 Å². The molecule has 0 saturated heterocycles. The fraction of sp³-hybridized carbons (Fsp3) is 0.235. The lowest BCUT2D eigenvalue weighted by atomic mass is 10.1. The number of aliphatic hydroxyl groups is 1. The molecule has 3 N–H and O–H groups in total. The molecule has 136 valence electrons. The van der Waals surface area contributed by atoms with Crippen LogP contribution in [-0.4, -0.2) is 53.2 Å². The Hall–Kier alpha value is -2.65. The average Bonchev–Trinajstić information content (AvgIpc) is 2.65. The summed E-state index contributed by atoms with van der Waals surface area (Å²) in [5.41, 5.74) is 7.94. The molecule has 2 heterocycles. The molecule has 1 unspecified atom stereocenters. The first-order chi connectivity index (χ1) is 12.4. The lowest BCUT2D eigenvalue weighted by Crippen LogP contribution is -2.38. The van der Waals surface area contributed by atoms with Gasteiger partial charge in [0.25, 0.3) is 0 Å². The highest BCUT2D eigenvalue weighted by Gasteiger charge is 2.26. The van der Waals surface area contributed by atoms with Crippen molar-refractivity contribution < 1.29 is 14.6 Å². The van der Waals surface area contributed by atoms with Crippen molar-refractivity contribution in [3.8, 4) is 11.5 Å². The van der Waals surface area contributed by atoms with Gasteiger partial charge in [-0.1, -0.05) is 0 Å². The van der Waals surface area contributed by atoms with Crippen LogP contribution in [-0.2, 0) is 0 Å². The number of halogens is 1. The Bertz CT molecular complexity index is 878. The summed E-state index contributed by atoms with van der Waals surface area (Å²) in [5, 5.41) is 10.6. The number of aliphatic imine (C=N–C) groups is 1. The van der Waals surface area contributed by atoms with Crippen LogP contribution in [0.1, 0.15) is 11.3 Å². The first-order valence-corrected chi connectivity index (χ1v) is 8.44. The van der Waals surface area contributed by atoms with Gasteiger partial charge in [-0.3, -0.25) is 0 Å². The Kier molecular flexibility index (Phi) is 5.10. The third kappa shape index (κ3) is 3.49. The molecule has 0 aliphatic carbocycles. The molecule has 0 radical (unpaired) electrons. The third-order valence-corrected chi connectivity index (χ3v) is 4.24. The molecule has 0 spiro atoms. The van der Waals surface area contributed by atoms with Gasteiger partial charge in [-0.15, -0.1) is 0 Å². The van der Waals surface area contributed by atoms with E-state index in [9.17, 15) is 5.11 Å². The van der Waals surface area contributed by atoms with Crippen LogP contribution in [0.2, 0.25) is 0 Å². The van der Waals surface area contributed by atoms with Gasteiger partial charge in [0.05, 0.1) is 26.1 Å². The van der Waals surface area contributed by atoms with E-state index in [-0.39, 0.29) is 5.82 Å². The Morgan fingerprint density at radius 3 is 2.46 bits per heavy atom. The zero-order valence-electron chi connectivity index (χ0n) is 14.5. The van der Waals surface area contributed by atoms with Crippen LogP contribution in [0.25, 0.3) is 5.70 Å². The molecule has 1 aromatic carbocycles. The number of ether oxygens (including phenoxy) is 2. The monoisotopic (exact) mass is 419 g/mol. The topological polar surface area (TPSA) is 106 Å². The van der Waals surface area contributed by atoms with Crippen molar-refractivity contribution in [2.24, 2.45) is 4.99 Å². The molecule has 8 nitrogen and oxygen atoms in total. The summed E-state index contributed by atoms with van der Waals surface area (Å²) in [4.78, 5) is 14.6. The predicted molar refractivity (Wildman–Crippen MR) is 102 cm³/mol. The summed E-state index contributed by atoms with van der Waals surface area (Å²) in [6, 6.07) is 5.30. The molecule has 1 aliphatic heterocycles. The van der Waals surface area contributed by atoms with Gasteiger partial charge in [0.15, 0.2) is 12.0 Å². The van der Waals surface area contributed by atoms with Gasteiger partial charge in [-0.2, -0.15) is 0 Å². The number of aromatic nitrogens is 2. The van der Waals surface area contributed by atoms with Crippen LogP contribution < -0.4 is 15.2 Å². The number of aliphatic hydroxyl groups excluding tert-OH is 1. The minimum absolute atomic E-state index is 0.246. The standard InChI is InChI=1S/C17H18BrN5O3/c1-23-8-12(15-16(19)20-7-13(18)22-15)21-14(17(23)24)9-4-10(25-2)6-11(5-9)26-3/h4-8,17,24H,1-3H3,(H2,19,20). The number of nitrogen functional groups attached to an aromatic ring is 1. The van der Waals surface area contributed by atoms with Crippen molar-refractivity contribution in [2.75, 3.05) is 27.0 Å². The number of anilines is 1. The van der Waals surface area contributed by atoms with Gasteiger partial charge in [0, 0.05) is 24.9 Å². The molecule has 26 heavy (non-hydrogen) atoms. The number of nitrogens with zero attached hydrogens (tertiary/aromatic N) is 4. The molecule has 0 amide bonds. The van der Waals surface area contributed by atoms with Gasteiger partial charge in [-0.05, 0) is 28.1 Å². The summed E-state index contributed by atoms with van der Waals surface area (Å²) in [7, 11) is 4.86. The minimum Gasteiger partial charge on any atom is -0.497 e. The second-order valence-corrected chi connectivity index (χ2v) is 6.39. The Balaban J connectivity index is 2.13. The normalized spacial score (nSPS) is 16.8. The molecular weight excluding hydrogens is 402 g/mol. The summed E-state index contributed by atoms with van der Waals surface area (Å²) in [6.07, 6.45) is 2.23. The summed E-state index contributed by atoms with van der Waals surface area (Å²) < 4.78 is 11.1. The van der Waals surface area contributed by atoms with Crippen molar-refractivity contribution in [1.82, 2.24) is 14.9 Å². The van der Waals surface area contributed by atoms with Crippen molar-refractivity contribution >= 4 is 33.2 Å². The van der Waals surface area contributed by atoms with E-state index >= 15 is 0 Å². The number of hydrogen-bond donors (Lipinski definition) is 2. The van der Waals surface area contributed by atoms with Crippen molar-refractivity contribution in [3.05, 3.63) is 46.5 Å². The number of hydrogen-bond acceptors (Lipinski definition) is 8. The largest absolute Gasteiger partial charge is 0.497 e. The predicted octanol–water partition coefficient (Wildman–Crippen LogP) is 1.89. The minimum atomic E-state index is -0.947. The smallest absolute Gasteiger partial charge is 0.170 e. The summed E-state index contributed by atoms with van der Waals surface area (Å²) in [5.74, 6) is 1.43. The van der Waals surface area contributed by atoms with Gasteiger partial charge in [0.1, 0.15) is 27.5 Å². The molecule has 1 atom stereocenters. The number of rotatable bonds is 4. The van der Waals surface area contributed by atoms with E-state index in [1.807, 2.05) is 0 Å². The van der Waals surface area contributed by atoms with E-state index in [0.29, 0.717) is 38.8 Å². The Morgan fingerprint density at radius 1 is 1.19 bits per heavy atom. The molecule has 0 bridgehead atoms. The van der Waals surface area contributed by atoms with Crippen LogP contribution >= 0.6 is 15.9 Å². The first kappa shape index (κ1) is 18.2. The molecule has 0 fully saturated rings. The van der Waals surface area contributed by atoms with Crippen LogP contribution in [0.4, 0.5) is 5.82 Å². The molecule has 1 aromatic heterocycles. The Labute approximate surface area is 159 Å². The van der Waals surface area contributed by atoms with E-state index in [1.54, 1.807) is 50.6 Å². The fourth-order valence-electron chi connectivity index (χ4n) is 2.52. The van der Waals surface area contributed by atoms with E-state index in [2.05, 4.69) is 30.9 Å². The quantitative estimate of drug-likeness (QED) is 0.778. The fourth-order valence-corrected chi connectivity index (χ4v) is 2.80. The van der Waals surface area contributed by atoms with Crippen molar-refractivity contribution in [3.63, 3.8) is 0 Å². The van der Waals surface area contributed by atoms with Crippen molar-refractivity contribution in [2.45, 2.75) is 6.23 Å². The van der Waals surface area contributed by atoms with Crippen LogP contribution in [0.3, 0.4) is 0 Å². The lowest BCUT2D eigenvalue weighted by Gasteiger charge is -2.28. The maximum Gasteiger partial charge on any atom is 0.170 e. The van der Waals surface area contributed by atoms with E-state index in [4.69, 9.17) is 15.2 Å². The Morgan fingerprint density at radius 2 is 1.85 bits per heavy atom. The van der Waals surface area contributed by atoms with E-state index in [1.165, 1.54) is 6.20 Å². The molecule has 3 rings (SSSR count). The van der Waals surface area contributed by atoms with Crippen molar-refractivity contribution in [1.29, 1.82) is 0 Å². The van der Waals surface area contributed by atoms with Gasteiger partial charge in [0.2, 0.25) is 0 Å². The number of benzene rings is 1. The maximum atomic E-state index is 10.6. The number of nitrogens with two attached hydrogens (primary N) is 1. The molecule has 1 aliphatic rings. The highest BCUT2D eigenvalue weighted by atomic mass is 79.9. The summed E-state index contributed by atoms with van der Waals surface area (Å²) in [6.45, 7) is 0. The maximum absolute atomic E-state index is 10.6. The van der Waals surface area contributed by atoms with Crippen LogP contribution in [0.15, 0.2) is 40.2 Å². The number of methoxy groups -OCH3 is 2. The SMILES string of the molecule is COc1cc(OC)cc(C2=NC(c3nc(Br)cnc3N)=CN(C)C2O)c1. The lowest BCUT2D eigenvalue weighted by molar-refractivity contribution is 0.116. The first-order valence-electron chi connectivity index (χ1n) is 7.65. The van der Waals surface area contributed by atoms with E-state index < -0.39 is 6.23 Å². The molecule has 2 aromatic rings. The highest BCUT2D eigenvalue weighted by Crippen LogP contribution is 2.29. The molecule has 0 saturated carbocycles.